The summed E-state index contributed by atoms with van der Waals surface area (Å²) in [6.45, 7) is 7.01. The van der Waals surface area contributed by atoms with Crippen LogP contribution in [0.2, 0.25) is 0 Å². The second-order valence-corrected chi connectivity index (χ2v) is 5.99. The highest BCUT2D eigenvalue weighted by Gasteiger charge is 2.15. The smallest absolute Gasteiger partial charge is 0.407 e. The quantitative estimate of drug-likeness (QED) is 0.411. The van der Waals surface area contributed by atoms with Crippen LogP contribution in [0.5, 0.6) is 5.88 Å². The Balaban J connectivity index is 2.26. The number of aromatic nitrogens is 1. The highest BCUT2D eigenvalue weighted by molar-refractivity contribution is 5.79. The van der Waals surface area contributed by atoms with Crippen LogP contribution in [0.4, 0.5) is 4.79 Å². The Morgan fingerprint density at radius 1 is 1.21 bits per heavy atom. The minimum absolute atomic E-state index is 0.430. The summed E-state index contributed by atoms with van der Waals surface area (Å²) in [5, 5.41) is 8.94. The second kappa shape index (κ2) is 9.59. The molecule has 1 amide bonds. The Morgan fingerprint density at radius 3 is 2.46 bits per heavy atom. The van der Waals surface area contributed by atoms with Crippen molar-refractivity contribution >= 4 is 12.1 Å². The number of carbonyl (C=O) groups excluding carboxylic acids is 1. The standard InChI is InChI=1S/C16H27N5O3/c1-16(2,3)24-15(22)19-9-8-18-14(17-4)21-11-12-6-7-13(23-5)20-10-12/h6-7,10H,8-9,11H2,1-5H3,(H,19,22)(H2,17,18,21). The molecule has 1 aromatic heterocycles. The molecule has 134 valence electrons. The Bertz CT molecular complexity index is 538. The van der Waals surface area contributed by atoms with Crippen molar-refractivity contribution in [1.29, 1.82) is 0 Å². The number of carbonyl (C=O) groups is 1. The number of hydrogen-bond acceptors (Lipinski definition) is 5. The normalized spacial score (nSPS) is 11.6. The first-order valence-corrected chi connectivity index (χ1v) is 7.74. The lowest BCUT2D eigenvalue weighted by Crippen LogP contribution is -2.42. The molecule has 0 atom stereocenters. The van der Waals surface area contributed by atoms with E-state index < -0.39 is 11.7 Å². The number of rotatable bonds is 6. The van der Waals surface area contributed by atoms with Gasteiger partial charge < -0.3 is 25.4 Å². The summed E-state index contributed by atoms with van der Waals surface area (Å²) in [4.78, 5) is 19.8. The number of amides is 1. The SMILES string of the molecule is CN=C(NCCNC(=O)OC(C)(C)C)NCc1ccc(OC)nc1. The summed E-state index contributed by atoms with van der Waals surface area (Å²) >= 11 is 0. The molecular formula is C16H27N5O3. The Labute approximate surface area is 143 Å². The lowest BCUT2D eigenvalue weighted by atomic mass is 10.2. The first-order chi connectivity index (χ1) is 11.3. The largest absolute Gasteiger partial charge is 0.481 e. The van der Waals surface area contributed by atoms with E-state index in [0.717, 1.165) is 5.56 Å². The summed E-state index contributed by atoms with van der Waals surface area (Å²) in [5.74, 6) is 1.21. The van der Waals surface area contributed by atoms with Crippen molar-refractivity contribution in [2.24, 2.45) is 4.99 Å². The molecule has 1 heterocycles. The van der Waals surface area contributed by atoms with Crippen LogP contribution in [-0.4, -0.2) is 49.9 Å². The molecule has 0 fully saturated rings. The van der Waals surface area contributed by atoms with Gasteiger partial charge in [0.1, 0.15) is 5.60 Å². The van der Waals surface area contributed by atoms with E-state index in [9.17, 15) is 4.79 Å². The molecule has 0 bridgehead atoms. The van der Waals surface area contributed by atoms with Gasteiger partial charge in [0.25, 0.3) is 0 Å². The summed E-state index contributed by atoms with van der Waals surface area (Å²) in [6.07, 6.45) is 1.31. The van der Waals surface area contributed by atoms with E-state index in [0.29, 0.717) is 31.5 Å². The molecule has 24 heavy (non-hydrogen) atoms. The number of ether oxygens (including phenoxy) is 2. The van der Waals surface area contributed by atoms with Crippen LogP contribution in [0.15, 0.2) is 23.3 Å². The van der Waals surface area contributed by atoms with Crippen LogP contribution >= 0.6 is 0 Å². The number of aliphatic imine (C=N–C) groups is 1. The highest BCUT2D eigenvalue weighted by Crippen LogP contribution is 2.06. The third-order valence-electron chi connectivity index (χ3n) is 2.78. The first-order valence-electron chi connectivity index (χ1n) is 7.74. The van der Waals surface area contributed by atoms with Crippen molar-refractivity contribution in [2.75, 3.05) is 27.2 Å². The molecule has 0 saturated heterocycles. The molecule has 1 aromatic rings. The van der Waals surface area contributed by atoms with Gasteiger partial charge in [-0.05, 0) is 26.3 Å². The second-order valence-electron chi connectivity index (χ2n) is 5.99. The van der Waals surface area contributed by atoms with Crippen molar-refractivity contribution < 1.29 is 14.3 Å². The average molecular weight is 337 g/mol. The summed E-state index contributed by atoms with van der Waals surface area (Å²) in [5.41, 5.74) is 0.507. The zero-order valence-corrected chi connectivity index (χ0v) is 15.0. The minimum Gasteiger partial charge on any atom is -0.481 e. The van der Waals surface area contributed by atoms with Crippen molar-refractivity contribution in [1.82, 2.24) is 20.9 Å². The molecule has 0 aliphatic heterocycles. The summed E-state index contributed by atoms with van der Waals surface area (Å²) in [6, 6.07) is 3.73. The topological polar surface area (TPSA) is 96.9 Å². The monoisotopic (exact) mass is 337 g/mol. The molecule has 0 aromatic carbocycles. The van der Waals surface area contributed by atoms with E-state index in [1.165, 1.54) is 0 Å². The van der Waals surface area contributed by atoms with Gasteiger partial charge in [-0.15, -0.1) is 0 Å². The van der Waals surface area contributed by atoms with Crippen molar-refractivity contribution in [3.8, 4) is 5.88 Å². The van der Waals surface area contributed by atoms with Gasteiger partial charge in [-0.2, -0.15) is 0 Å². The molecular weight excluding hydrogens is 310 g/mol. The lowest BCUT2D eigenvalue weighted by molar-refractivity contribution is 0.0529. The average Bonchev–Trinajstić information content (AvgIpc) is 2.53. The molecule has 0 radical (unpaired) electrons. The van der Waals surface area contributed by atoms with Crippen LogP contribution in [0.3, 0.4) is 0 Å². The van der Waals surface area contributed by atoms with E-state index in [4.69, 9.17) is 9.47 Å². The fraction of sp³-hybridized carbons (Fsp3) is 0.562. The number of nitrogens with zero attached hydrogens (tertiary/aromatic N) is 2. The van der Waals surface area contributed by atoms with Crippen LogP contribution in [-0.2, 0) is 11.3 Å². The van der Waals surface area contributed by atoms with Gasteiger partial charge in [-0.3, -0.25) is 4.99 Å². The molecule has 8 nitrogen and oxygen atoms in total. The third kappa shape index (κ3) is 8.21. The van der Waals surface area contributed by atoms with E-state index in [2.05, 4.69) is 25.9 Å². The van der Waals surface area contributed by atoms with E-state index in [-0.39, 0.29) is 0 Å². The molecule has 3 N–H and O–H groups in total. The number of guanidine groups is 1. The molecule has 1 rings (SSSR count). The Hall–Kier alpha value is -2.51. The van der Waals surface area contributed by atoms with Gasteiger partial charge in [0.15, 0.2) is 5.96 Å². The Morgan fingerprint density at radius 2 is 1.92 bits per heavy atom. The number of hydrogen-bond donors (Lipinski definition) is 3. The van der Waals surface area contributed by atoms with Crippen molar-refractivity contribution in [2.45, 2.75) is 32.9 Å². The third-order valence-corrected chi connectivity index (χ3v) is 2.78. The minimum atomic E-state index is -0.499. The maximum atomic E-state index is 11.5. The molecule has 0 unspecified atom stereocenters. The van der Waals surface area contributed by atoms with E-state index >= 15 is 0 Å². The fourth-order valence-electron chi connectivity index (χ4n) is 1.70. The molecule has 0 spiro atoms. The van der Waals surface area contributed by atoms with Crippen molar-refractivity contribution in [3.05, 3.63) is 23.9 Å². The van der Waals surface area contributed by atoms with Crippen LogP contribution in [0.25, 0.3) is 0 Å². The fourth-order valence-corrected chi connectivity index (χ4v) is 1.70. The van der Waals surface area contributed by atoms with Crippen LogP contribution in [0, 0.1) is 0 Å². The molecule has 8 heteroatoms. The first kappa shape index (κ1) is 19.5. The van der Waals surface area contributed by atoms with Crippen LogP contribution < -0.4 is 20.7 Å². The molecule has 0 aliphatic rings. The Kier molecular flexibility index (Phi) is 7.81. The maximum absolute atomic E-state index is 11.5. The predicted molar refractivity (Wildman–Crippen MR) is 93.2 cm³/mol. The molecule has 0 aliphatic carbocycles. The number of alkyl carbamates (subject to hydrolysis) is 1. The number of pyridine rings is 1. The number of nitrogens with one attached hydrogen (secondary N) is 3. The van der Waals surface area contributed by atoms with Crippen LogP contribution in [0.1, 0.15) is 26.3 Å². The zero-order chi connectivity index (χ0) is 18.0. The van der Waals surface area contributed by atoms with Gasteiger partial charge in [0.05, 0.1) is 7.11 Å². The maximum Gasteiger partial charge on any atom is 0.407 e. The van der Waals surface area contributed by atoms with E-state index in [1.807, 2.05) is 26.8 Å². The predicted octanol–water partition coefficient (Wildman–Crippen LogP) is 1.28. The molecule has 0 saturated carbocycles. The summed E-state index contributed by atoms with van der Waals surface area (Å²) < 4.78 is 10.2. The summed E-state index contributed by atoms with van der Waals surface area (Å²) in [7, 11) is 3.26. The van der Waals surface area contributed by atoms with Gasteiger partial charge in [0, 0.05) is 38.9 Å². The van der Waals surface area contributed by atoms with Crippen molar-refractivity contribution in [3.63, 3.8) is 0 Å². The van der Waals surface area contributed by atoms with E-state index in [1.54, 1.807) is 26.4 Å². The van der Waals surface area contributed by atoms with Gasteiger partial charge >= 0.3 is 6.09 Å². The van der Waals surface area contributed by atoms with Gasteiger partial charge in [-0.1, -0.05) is 6.07 Å². The highest BCUT2D eigenvalue weighted by atomic mass is 16.6. The van der Waals surface area contributed by atoms with Gasteiger partial charge in [0.2, 0.25) is 5.88 Å². The number of methoxy groups -OCH3 is 1. The van der Waals surface area contributed by atoms with Gasteiger partial charge in [-0.25, -0.2) is 9.78 Å². The lowest BCUT2D eigenvalue weighted by Gasteiger charge is -2.19. The zero-order valence-electron chi connectivity index (χ0n) is 15.0.